The van der Waals surface area contributed by atoms with Crippen LogP contribution in [0.5, 0.6) is 5.75 Å². The molecule has 0 fully saturated rings. The second kappa shape index (κ2) is 6.97. The SMILES string of the molecule is CCOC(=O)C(C)(C)Nc1cc(NC(C)=O)ccc1OC. The van der Waals surface area contributed by atoms with E-state index in [9.17, 15) is 9.59 Å². The predicted octanol–water partition coefficient (Wildman–Crippen LogP) is 2.41. The zero-order valence-corrected chi connectivity index (χ0v) is 13.1. The van der Waals surface area contributed by atoms with Gasteiger partial charge in [-0.3, -0.25) is 4.79 Å². The van der Waals surface area contributed by atoms with Crippen LogP contribution in [0.2, 0.25) is 0 Å². The second-order valence-electron chi connectivity index (χ2n) is 5.07. The van der Waals surface area contributed by atoms with E-state index < -0.39 is 5.54 Å². The fourth-order valence-corrected chi connectivity index (χ4v) is 1.79. The van der Waals surface area contributed by atoms with Crippen molar-refractivity contribution in [3.8, 4) is 5.75 Å². The normalized spacial score (nSPS) is 10.7. The van der Waals surface area contributed by atoms with Gasteiger partial charge in [-0.15, -0.1) is 0 Å². The van der Waals surface area contributed by atoms with Crippen LogP contribution in [0.1, 0.15) is 27.7 Å². The molecule has 0 spiro atoms. The van der Waals surface area contributed by atoms with Crippen molar-refractivity contribution in [1.29, 1.82) is 0 Å². The Morgan fingerprint density at radius 2 is 1.95 bits per heavy atom. The molecule has 0 heterocycles. The molecule has 6 heteroatoms. The first-order valence-corrected chi connectivity index (χ1v) is 6.71. The molecule has 1 aromatic carbocycles. The van der Waals surface area contributed by atoms with Crippen LogP contribution in [0, 0.1) is 0 Å². The van der Waals surface area contributed by atoms with Gasteiger partial charge in [-0.05, 0) is 39.0 Å². The van der Waals surface area contributed by atoms with E-state index in [0.29, 0.717) is 23.7 Å². The van der Waals surface area contributed by atoms with Gasteiger partial charge >= 0.3 is 5.97 Å². The molecule has 0 radical (unpaired) electrons. The highest BCUT2D eigenvalue weighted by Crippen LogP contribution is 2.30. The first-order valence-electron chi connectivity index (χ1n) is 6.71. The molecule has 0 saturated carbocycles. The molecule has 6 nitrogen and oxygen atoms in total. The van der Waals surface area contributed by atoms with E-state index in [1.54, 1.807) is 39.0 Å². The molecule has 0 aliphatic carbocycles. The number of nitrogens with one attached hydrogen (secondary N) is 2. The number of esters is 1. The number of carbonyl (C=O) groups excluding carboxylic acids is 2. The Bertz CT molecular complexity index is 526. The molecule has 0 aromatic heterocycles. The van der Waals surface area contributed by atoms with Gasteiger partial charge in [0.05, 0.1) is 19.4 Å². The second-order valence-corrected chi connectivity index (χ2v) is 5.07. The summed E-state index contributed by atoms with van der Waals surface area (Å²) in [5.74, 6) is 0.0363. The van der Waals surface area contributed by atoms with Crippen LogP contribution >= 0.6 is 0 Å². The molecule has 1 amide bonds. The number of amides is 1. The van der Waals surface area contributed by atoms with Crippen molar-refractivity contribution < 1.29 is 19.1 Å². The summed E-state index contributed by atoms with van der Waals surface area (Å²) in [6, 6.07) is 5.15. The summed E-state index contributed by atoms with van der Waals surface area (Å²) < 4.78 is 10.3. The van der Waals surface area contributed by atoms with Gasteiger partial charge in [0, 0.05) is 12.6 Å². The molecular weight excluding hydrogens is 272 g/mol. The number of rotatable bonds is 6. The van der Waals surface area contributed by atoms with Crippen molar-refractivity contribution >= 4 is 23.3 Å². The van der Waals surface area contributed by atoms with Gasteiger partial charge in [0.25, 0.3) is 0 Å². The monoisotopic (exact) mass is 294 g/mol. The molecule has 116 valence electrons. The minimum atomic E-state index is -0.919. The zero-order valence-electron chi connectivity index (χ0n) is 13.1. The first-order chi connectivity index (χ1) is 9.80. The molecular formula is C15H22N2O4. The van der Waals surface area contributed by atoms with E-state index >= 15 is 0 Å². The number of hydrogen-bond donors (Lipinski definition) is 2. The number of carbonyl (C=O) groups is 2. The number of ether oxygens (including phenoxy) is 2. The summed E-state index contributed by atoms with van der Waals surface area (Å²) in [7, 11) is 1.54. The third-order valence-corrected chi connectivity index (χ3v) is 2.75. The number of methoxy groups -OCH3 is 1. The minimum Gasteiger partial charge on any atom is -0.495 e. The molecule has 0 saturated heterocycles. The number of hydrogen-bond acceptors (Lipinski definition) is 5. The Kier molecular flexibility index (Phi) is 5.58. The molecule has 2 N–H and O–H groups in total. The molecule has 0 aliphatic rings. The van der Waals surface area contributed by atoms with Gasteiger partial charge in [-0.25, -0.2) is 4.79 Å². The smallest absolute Gasteiger partial charge is 0.331 e. The minimum absolute atomic E-state index is 0.171. The summed E-state index contributed by atoms with van der Waals surface area (Å²) in [6.07, 6.45) is 0. The summed E-state index contributed by atoms with van der Waals surface area (Å²) >= 11 is 0. The maximum Gasteiger partial charge on any atom is 0.331 e. The lowest BCUT2D eigenvalue weighted by atomic mass is 10.1. The van der Waals surface area contributed by atoms with Crippen molar-refractivity contribution in [2.75, 3.05) is 24.4 Å². The summed E-state index contributed by atoms with van der Waals surface area (Å²) in [4.78, 5) is 23.1. The lowest BCUT2D eigenvalue weighted by Gasteiger charge is -2.26. The highest BCUT2D eigenvalue weighted by Gasteiger charge is 2.30. The molecule has 1 aromatic rings. The van der Waals surface area contributed by atoms with Crippen LogP contribution in [-0.4, -0.2) is 31.1 Å². The standard InChI is InChI=1S/C15H22N2O4/c1-6-21-14(19)15(3,4)17-12-9-11(16-10(2)18)7-8-13(12)20-5/h7-9,17H,6H2,1-5H3,(H,16,18). The molecule has 0 bridgehead atoms. The predicted molar refractivity (Wildman–Crippen MR) is 81.6 cm³/mol. The van der Waals surface area contributed by atoms with E-state index in [1.165, 1.54) is 14.0 Å². The van der Waals surface area contributed by atoms with Crippen LogP contribution in [0.25, 0.3) is 0 Å². The zero-order chi connectivity index (χ0) is 16.0. The maximum absolute atomic E-state index is 11.9. The van der Waals surface area contributed by atoms with E-state index in [-0.39, 0.29) is 11.9 Å². The van der Waals surface area contributed by atoms with E-state index in [2.05, 4.69) is 10.6 Å². The largest absolute Gasteiger partial charge is 0.495 e. The number of benzene rings is 1. The van der Waals surface area contributed by atoms with Crippen molar-refractivity contribution in [3.63, 3.8) is 0 Å². The first kappa shape index (κ1) is 16.8. The highest BCUT2D eigenvalue weighted by atomic mass is 16.5. The third-order valence-electron chi connectivity index (χ3n) is 2.75. The van der Waals surface area contributed by atoms with Crippen molar-refractivity contribution in [3.05, 3.63) is 18.2 Å². The van der Waals surface area contributed by atoms with Crippen LogP contribution in [0.15, 0.2) is 18.2 Å². The van der Waals surface area contributed by atoms with Gasteiger partial charge in [0.2, 0.25) is 5.91 Å². The van der Waals surface area contributed by atoms with E-state index in [1.807, 2.05) is 0 Å². The summed E-state index contributed by atoms with van der Waals surface area (Å²) in [5, 5.41) is 5.77. The lowest BCUT2D eigenvalue weighted by Crippen LogP contribution is -2.41. The molecule has 1 rings (SSSR count). The molecule has 0 unspecified atom stereocenters. The quantitative estimate of drug-likeness (QED) is 0.788. The molecule has 0 aliphatic heterocycles. The van der Waals surface area contributed by atoms with Crippen LogP contribution in [0.3, 0.4) is 0 Å². The van der Waals surface area contributed by atoms with Gasteiger partial charge < -0.3 is 20.1 Å². The topological polar surface area (TPSA) is 76.7 Å². The summed E-state index contributed by atoms with van der Waals surface area (Å²) in [5.41, 5.74) is 0.297. The van der Waals surface area contributed by atoms with Gasteiger partial charge in [-0.1, -0.05) is 0 Å². The Morgan fingerprint density at radius 1 is 1.29 bits per heavy atom. The van der Waals surface area contributed by atoms with E-state index in [4.69, 9.17) is 9.47 Å². The lowest BCUT2D eigenvalue weighted by molar-refractivity contribution is -0.147. The molecule has 21 heavy (non-hydrogen) atoms. The van der Waals surface area contributed by atoms with Crippen LogP contribution in [-0.2, 0) is 14.3 Å². The van der Waals surface area contributed by atoms with Gasteiger partial charge in [0.1, 0.15) is 11.3 Å². The van der Waals surface area contributed by atoms with Crippen LogP contribution < -0.4 is 15.4 Å². The maximum atomic E-state index is 11.9. The fraction of sp³-hybridized carbons (Fsp3) is 0.467. The van der Waals surface area contributed by atoms with Crippen molar-refractivity contribution in [2.45, 2.75) is 33.2 Å². The van der Waals surface area contributed by atoms with Crippen molar-refractivity contribution in [2.24, 2.45) is 0 Å². The Hall–Kier alpha value is -2.24. The number of anilines is 2. The molecule has 0 atom stereocenters. The Labute approximate surface area is 124 Å². The van der Waals surface area contributed by atoms with E-state index in [0.717, 1.165) is 0 Å². The van der Waals surface area contributed by atoms with Crippen LogP contribution in [0.4, 0.5) is 11.4 Å². The average molecular weight is 294 g/mol. The summed E-state index contributed by atoms with van der Waals surface area (Å²) in [6.45, 7) is 6.93. The van der Waals surface area contributed by atoms with Gasteiger partial charge in [0.15, 0.2) is 0 Å². The van der Waals surface area contributed by atoms with Gasteiger partial charge in [-0.2, -0.15) is 0 Å². The average Bonchev–Trinajstić information content (AvgIpc) is 2.38. The Balaban J connectivity index is 3.04. The van der Waals surface area contributed by atoms with Crippen molar-refractivity contribution in [1.82, 2.24) is 0 Å². The fourth-order valence-electron chi connectivity index (χ4n) is 1.79. The highest BCUT2D eigenvalue weighted by molar-refractivity contribution is 5.90. The third kappa shape index (κ3) is 4.66. The Morgan fingerprint density at radius 3 is 2.48 bits per heavy atom.